The highest BCUT2D eigenvalue weighted by molar-refractivity contribution is 5.90. The Morgan fingerprint density at radius 2 is 1.88 bits per heavy atom. The zero-order valence-electron chi connectivity index (χ0n) is 14.1. The van der Waals surface area contributed by atoms with Crippen molar-refractivity contribution in [3.05, 3.63) is 47.3 Å². The Morgan fingerprint density at radius 3 is 2.38 bits per heavy atom. The summed E-state index contributed by atoms with van der Waals surface area (Å²) in [4.78, 5) is 20.2. The van der Waals surface area contributed by atoms with Crippen LogP contribution in [0, 0.1) is 12.8 Å². The fourth-order valence-electron chi connectivity index (χ4n) is 2.19. The molecule has 0 unspecified atom stereocenters. The molecule has 0 fully saturated rings. The predicted molar refractivity (Wildman–Crippen MR) is 86.9 cm³/mol. The number of carbonyl (C=O) groups excluding carboxylic acids is 1. The molecule has 1 heterocycles. The average Bonchev–Trinajstić information content (AvgIpc) is 2.54. The molecule has 4 nitrogen and oxygen atoms in total. The number of alkyl halides is 2. The first-order valence-corrected chi connectivity index (χ1v) is 7.76. The number of aryl methyl sites for hydroxylation is 1. The van der Waals surface area contributed by atoms with E-state index in [2.05, 4.69) is 9.97 Å². The summed E-state index contributed by atoms with van der Waals surface area (Å²) in [5.74, 6) is -3.78. The lowest BCUT2D eigenvalue weighted by Crippen LogP contribution is -2.20. The maximum atomic E-state index is 14.0. The topological polar surface area (TPSA) is 52.1 Å². The molecule has 2 rings (SSSR count). The summed E-state index contributed by atoms with van der Waals surface area (Å²) < 4.78 is 32.9. The number of benzene rings is 1. The summed E-state index contributed by atoms with van der Waals surface area (Å²) in [6.45, 7) is 6.63. The molecule has 0 saturated heterocycles. The molecule has 24 heavy (non-hydrogen) atoms. The van der Waals surface area contributed by atoms with Crippen LogP contribution in [-0.2, 0) is 10.7 Å². The van der Waals surface area contributed by atoms with E-state index in [4.69, 9.17) is 4.74 Å². The van der Waals surface area contributed by atoms with Gasteiger partial charge in [-0.25, -0.2) is 23.5 Å². The second-order valence-corrected chi connectivity index (χ2v) is 5.77. The van der Waals surface area contributed by atoms with E-state index in [1.54, 1.807) is 26.0 Å². The lowest BCUT2D eigenvalue weighted by molar-refractivity contribution is -0.0513. The molecule has 0 aliphatic carbocycles. The van der Waals surface area contributed by atoms with Crippen LogP contribution in [0.2, 0.25) is 0 Å². The number of esters is 1. The largest absolute Gasteiger partial charge is 0.462 e. The molecular weight excluding hydrogens is 314 g/mol. The van der Waals surface area contributed by atoms with Gasteiger partial charge in [0.15, 0.2) is 5.82 Å². The molecule has 0 amide bonds. The minimum absolute atomic E-state index is 0.0406. The van der Waals surface area contributed by atoms with Gasteiger partial charge in [-0.15, -0.1) is 0 Å². The van der Waals surface area contributed by atoms with Gasteiger partial charge in [0.2, 0.25) is 0 Å². The van der Waals surface area contributed by atoms with Crippen LogP contribution in [0.4, 0.5) is 8.78 Å². The van der Waals surface area contributed by atoms with Crippen molar-refractivity contribution < 1.29 is 18.3 Å². The summed E-state index contributed by atoms with van der Waals surface area (Å²) in [7, 11) is 0. The monoisotopic (exact) mass is 334 g/mol. The fourth-order valence-corrected chi connectivity index (χ4v) is 2.19. The highest BCUT2D eigenvalue weighted by Gasteiger charge is 2.35. The molecule has 0 atom stereocenters. The Hall–Kier alpha value is -2.37. The van der Waals surface area contributed by atoms with Gasteiger partial charge in [-0.05, 0) is 13.8 Å². The van der Waals surface area contributed by atoms with E-state index in [1.165, 1.54) is 32.2 Å². The molecule has 0 saturated carbocycles. The first-order chi connectivity index (χ1) is 11.3. The number of hydrogen-bond acceptors (Lipinski definition) is 4. The fraction of sp³-hybridized carbons (Fsp3) is 0.389. The first kappa shape index (κ1) is 18.0. The molecule has 0 aliphatic rings. The molecule has 1 aromatic heterocycles. The maximum Gasteiger partial charge on any atom is 0.341 e. The molecule has 0 N–H and O–H groups in total. The summed E-state index contributed by atoms with van der Waals surface area (Å²) in [5, 5.41) is 0. The standard InChI is InChI=1S/C18H20F2N2O2/c1-5-24-17(23)15-10-21-16(22-12(15)4)13-6-8-14(9-7-13)18(19,20)11(2)3/h6-11H,5H2,1-4H3. The van der Waals surface area contributed by atoms with Gasteiger partial charge in [-0.2, -0.15) is 0 Å². The predicted octanol–water partition coefficient (Wildman–Crippen LogP) is 4.38. The number of carbonyl (C=O) groups is 1. The molecule has 0 bridgehead atoms. The summed E-state index contributed by atoms with van der Waals surface area (Å²) in [5.41, 5.74) is 1.34. The SMILES string of the molecule is CCOC(=O)c1cnc(-c2ccc(C(F)(F)C(C)C)cc2)nc1C. The van der Waals surface area contributed by atoms with Gasteiger partial charge in [0.1, 0.15) is 0 Å². The van der Waals surface area contributed by atoms with Crippen LogP contribution in [0.15, 0.2) is 30.5 Å². The molecule has 0 spiro atoms. The Balaban J connectivity index is 2.30. The summed E-state index contributed by atoms with van der Waals surface area (Å²) >= 11 is 0. The quantitative estimate of drug-likeness (QED) is 0.762. The van der Waals surface area contributed by atoms with Gasteiger partial charge in [0.05, 0.1) is 17.9 Å². The Labute approximate surface area is 139 Å². The number of nitrogens with zero attached hydrogens (tertiary/aromatic N) is 2. The average molecular weight is 334 g/mol. The molecule has 6 heteroatoms. The Kier molecular flexibility index (Phi) is 5.26. The first-order valence-electron chi connectivity index (χ1n) is 7.76. The maximum absolute atomic E-state index is 14.0. The van der Waals surface area contributed by atoms with Gasteiger partial charge in [0.25, 0.3) is 5.92 Å². The number of halogens is 2. The van der Waals surface area contributed by atoms with E-state index >= 15 is 0 Å². The van der Waals surface area contributed by atoms with E-state index in [1.807, 2.05) is 0 Å². The van der Waals surface area contributed by atoms with Crippen LogP contribution in [0.5, 0.6) is 0 Å². The van der Waals surface area contributed by atoms with Crippen LogP contribution in [-0.4, -0.2) is 22.5 Å². The molecule has 128 valence electrons. The molecular formula is C18H20F2N2O2. The van der Waals surface area contributed by atoms with Crippen molar-refractivity contribution >= 4 is 5.97 Å². The van der Waals surface area contributed by atoms with Gasteiger partial charge < -0.3 is 4.74 Å². The van der Waals surface area contributed by atoms with Gasteiger partial charge in [-0.1, -0.05) is 38.1 Å². The van der Waals surface area contributed by atoms with Gasteiger partial charge in [-0.3, -0.25) is 0 Å². The minimum Gasteiger partial charge on any atom is -0.462 e. The zero-order valence-corrected chi connectivity index (χ0v) is 14.1. The lowest BCUT2D eigenvalue weighted by atomic mass is 9.97. The number of rotatable bonds is 5. The van der Waals surface area contributed by atoms with Crippen molar-refractivity contribution in [2.45, 2.75) is 33.6 Å². The third-order valence-corrected chi connectivity index (χ3v) is 3.73. The van der Waals surface area contributed by atoms with Crippen molar-refractivity contribution in [1.82, 2.24) is 9.97 Å². The van der Waals surface area contributed by atoms with Gasteiger partial charge in [0, 0.05) is 23.2 Å². The Bertz CT molecular complexity index is 728. The van der Waals surface area contributed by atoms with Crippen molar-refractivity contribution in [1.29, 1.82) is 0 Å². The van der Waals surface area contributed by atoms with E-state index in [-0.39, 0.29) is 12.2 Å². The molecule has 1 aromatic carbocycles. The number of aromatic nitrogens is 2. The minimum atomic E-state index is -2.89. The van der Waals surface area contributed by atoms with Gasteiger partial charge >= 0.3 is 5.97 Å². The normalized spacial score (nSPS) is 11.6. The highest BCUT2D eigenvalue weighted by Crippen LogP contribution is 2.36. The third-order valence-electron chi connectivity index (χ3n) is 3.73. The van der Waals surface area contributed by atoms with E-state index < -0.39 is 17.8 Å². The zero-order chi connectivity index (χ0) is 17.9. The van der Waals surface area contributed by atoms with Crippen LogP contribution >= 0.6 is 0 Å². The third kappa shape index (κ3) is 3.58. The second kappa shape index (κ2) is 7.03. The number of ether oxygens (including phenoxy) is 1. The molecule has 2 aromatic rings. The van der Waals surface area contributed by atoms with Crippen molar-refractivity contribution in [3.8, 4) is 11.4 Å². The van der Waals surface area contributed by atoms with Crippen molar-refractivity contribution in [3.63, 3.8) is 0 Å². The second-order valence-electron chi connectivity index (χ2n) is 5.77. The van der Waals surface area contributed by atoms with Crippen LogP contribution < -0.4 is 0 Å². The van der Waals surface area contributed by atoms with Crippen LogP contribution in [0.1, 0.15) is 42.4 Å². The molecule has 0 aliphatic heterocycles. The summed E-state index contributed by atoms with van der Waals surface area (Å²) in [6, 6.07) is 5.88. The van der Waals surface area contributed by atoms with Crippen LogP contribution in [0.25, 0.3) is 11.4 Å². The lowest BCUT2D eigenvalue weighted by Gasteiger charge is -2.20. The van der Waals surface area contributed by atoms with Crippen molar-refractivity contribution in [2.75, 3.05) is 6.61 Å². The van der Waals surface area contributed by atoms with E-state index in [9.17, 15) is 13.6 Å². The smallest absolute Gasteiger partial charge is 0.341 e. The van der Waals surface area contributed by atoms with E-state index in [0.717, 1.165) is 0 Å². The van der Waals surface area contributed by atoms with Crippen LogP contribution in [0.3, 0.4) is 0 Å². The van der Waals surface area contributed by atoms with Crippen molar-refractivity contribution in [2.24, 2.45) is 5.92 Å². The summed E-state index contributed by atoms with van der Waals surface area (Å²) in [6.07, 6.45) is 1.40. The highest BCUT2D eigenvalue weighted by atomic mass is 19.3. The number of hydrogen-bond donors (Lipinski definition) is 0. The van der Waals surface area contributed by atoms with E-state index in [0.29, 0.717) is 22.6 Å². The molecule has 0 radical (unpaired) electrons. The Morgan fingerprint density at radius 1 is 1.25 bits per heavy atom.